The van der Waals surface area contributed by atoms with E-state index in [0.717, 1.165) is 28.9 Å². The van der Waals surface area contributed by atoms with Crippen LogP contribution in [0.25, 0.3) is 0 Å². The van der Waals surface area contributed by atoms with Gasteiger partial charge in [0.15, 0.2) is 0 Å². The van der Waals surface area contributed by atoms with Gasteiger partial charge in [-0.3, -0.25) is 0 Å². The first kappa shape index (κ1) is 48.4. The number of hydrogen-bond acceptors (Lipinski definition) is 1. The summed E-state index contributed by atoms with van der Waals surface area (Å²) in [6.07, 6.45) is 14.8. The lowest BCUT2D eigenvalue weighted by Crippen LogP contribution is -1.91. The zero-order chi connectivity index (χ0) is 34.3. The Morgan fingerprint density at radius 3 is 1.62 bits per heavy atom. The Bertz CT molecular complexity index is 1020. The average molecular weight is 576 g/mol. The number of benzene rings is 1. The number of hydrogen-bond donors (Lipinski definition) is 0. The summed E-state index contributed by atoms with van der Waals surface area (Å²) < 4.78 is 5.58. The van der Waals surface area contributed by atoms with Gasteiger partial charge in [-0.25, -0.2) is 0 Å². The largest absolute Gasteiger partial charge is 0.458 e. The van der Waals surface area contributed by atoms with Crippen molar-refractivity contribution in [2.24, 2.45) is 0 Å². The lowest BCUT2D eigenvalue weighted by Gasteiger charge is -2.07. The third-order valence-electron chi connectivity index (χ3n) is 4.87. The Morgan fingerprint density at radius 1 is 0.690 bits per heavy atom. The van der Waals surface area contributed by atoms with Crippen LogP contribution in [0.3, 0.4) is 0 Å². The number of rotatable bonds is 11. The molecule has 1 radical (unpaired) electrons. The van der Waals surface area contributed by atoms with Gasteiger partial charge in [-0.15, -0.1) is 0 Å². The van der Waals surface area contributed by atoms with Crippen molar-refractivity contribution in [3.63, 3.8) is 0 Å². The summed E-state index contributed by atoms with van der Waals surface area (Å²) in [5.74, 6) is 1.44. The molecule has 0 aliphatic heterocycles. The molecule has 0 amide bonds. The van der Waals surface area contributed by atoms with Crippen molar-refractivity contribution in [3.8, 4) is 5.75 Å². The Morgan fingerprint density at radius 2 is 1.19 bits per heavy atom. The summed E-state index contributed by atoms with van der Waals surface area (Å²) in [5.41, 5.74) is 9.28. The fourth-order valence-corrected chi connectivity index (χ4v) is 2.65. The first-order valence-corrected chi connectivity index (χ1v) is 15.5. The Labute approximate surface area is 264 Å². The van der Waals surface area contributed by atoms with Crippen molar-refractivity contribution in [2.75, 3.05) is 0 Å². The summed E-state index contributed by atoms with van der Waals surface area (Å²) in [4.78, 5) is 0. The molecule has 1 nitrogen and oxygen atoms in total. The third-order valence-corrected chi connectivity index (χ3v) is 4.87. The van der Waals surface area contributed by atoms with Crippen LogP contribution in [0.2, 0.25) is 0 Å². The van der Waals surface area contributed by atoms with Gasteiger partial charge in [-0.05, 0) is 95.4 Å². The lowest BCUT2D eigenvalue weighted by atomic mass is 10.0. The second-order valence-corrected chi connectivity index (χ2v) is 8.71. The maximum Gasteiger partial charge on any atom is 0.127 e. The molecular weight excluding hydrogens is 508 g/mol. The van der Waals surface area contributed by atoms with E-state index in [9.17, 15) is 0 Å². The molecule has 1 aromatic rings. The van der Waals surface area contributed by atoms with Gasteiger partial charge in [-0.1, -0.05) is 147 Å². The molecule has 42 heavy (non-hydrogen) atoms. The highest BCUT2D eigenvalue weighted by atomic mass is 16.5. The van der Waals surface area contributed by atoms with E-state index in [0.29, 0.717) is 5.76 Å². The van der Waals surface area contributed by atoms with Gasteiger partial charge in [0, 0.05) is 6.42 Å². The first-order chi connectivity index (χ1) is 19.8. The van der Waals surface area contributed by atoms with Gasteiger partial charge in [0.05, 0.1) is 0 Å². The predicted octanol–water partition coefficient (Wildman–Crippen LogP) is 14.2. The molecule has 0 spiro atoms. The van der Waals surface area contributed by atoms with Gasteiger partial charge >= 0.3 is 0 Å². The molecule has 0 aliphatic rings. The molecule has 0 fully saturated rings. The molecular formula is C41H67O. The minimum absolute atomic E-state index is 0.617. The second kappa shape index (κ2) is 33.9. The molecule has 0 aliphatic carbocycles. The molecule has 0 unspecified atom stereocenters. The number of allylic oxidation sites excluding steroid dienone is 12. The normalized spacial score (nSPS) is 10.3. The van der Waals surface area contributed by atoms with Crippen molar-refractivity contribution >= 4 is 0 Å². The molecule has 0 saturated carbocycles. The maximum atomic E-state index is 5.58. The van der Waals surface area contributed by atoms with Crippen LogP contribution < -0.4 is 4.74 Å². The van der Waals surface area contributed by atoms with Crippen molar-refractivity contribution < 1.29 is 4.74 Å². The number of ether oxygens (including phenoxy) is 1. The minimum atomic E-state index is 0.617. The van der Waals surface area contributed by atoms with Crippen LogP contribution >= 0.6 is 0 Å². The Balaban J connectivity index is -0.000000176. The van der Waals surface area contributed by atoms with Gasteiger partial charge < -0.3 is 4.74 Å². The highest BCUT2D eigenvalue weighted by Gasteiger charge is 1.98. The molecule has 0 aromatic heterocycles. The van der Waals surface area contributed by atoms with Crippen molar-refractivity contribution in [3.05, 3.63) is 144 Å². The monoisotopic (exact) mass is 576 g/mol. The van der Waals surface area contributed by atoms with E-state index in [-0.39, 0.29) is 0 Å². The van der Waals surface area contributed by atoms with E-state index in [4.69, 9.17) is 4.74 Å². The van der Waals surface area contributed by atoms with E-state index in [1.54, 1.807) is 0 Å². The molecule has 0 N–H and O–H groups in total. The van der Waals surface area contributed by atoms with Gasteiger partial charge in [-0.2, -0.15) is 0 Å². The smallest absolute Gasteiger partial charge is 0.127 e. The zero-order valence-electron chi connectivity index (χ0n) is 30.4. The minimum Gasteiger partial charge on any atom is -0.458 e. The lowest BCUT2D eigenvalue weighted by molar-refractivity contribution is 0.446. The van der Waals surface area contributed by atoms with Crippen LogP contribution in [0.15, 0.2) is 127 Å². The van der Waals surface area contributed by atoms with Crippen LogP contribution in [0.5, 0.6) is 5.75 Å². The molecule has 0 saturated heterocycles. The van der Waals surface area contributed by atoms with Crippen LogP contribution in [0.1, 0.15) is 108 Å². The summed E-state index contributed by atoms with van der Waals surface area (Å²) >= 11 is 0. The highest BCUT2D eigenvalue weighted by molar-refractivity contribution is 5.37. The summed E-state index contributed by atoms with van der Waals surface area (Å²) in [6.45, 7) is 49.6. The maximum absolute atomic E-state index is 5.58. The van der Waals surface area contributed by atoms with Crippen LogP contribution in [0.4, 0.5) is 0 Å². The van der Waals surface area contributed by atoms with Gasteiger partial charge in [0.2, 0.25) is 0 Å². The Kier molecular flexibility index (Phi) is 39.1. The van der Waals surface area contributed by atoms with Crippen molar-refractivity contribution in [2.45, 2.75) is 110 Å². The van der Waals surface area contributed by atoms with Gasteiger partial charge in [0.25, 0.3) is 0 Å². The predicted molar refractivity (Wildman–Crippen MR) is 199 cm³/mol. The number of aryl methyl sites for hydroxylation is 2. The fourth-order valence-electron chi connectivity index (χ4n) is 2.65. The molecule has 1 rings (SSSR count). The van der Waals surface area contributed by atoms with Crippen LogP contribution in [-0.4, -0.2) is 0 Å². The van der Waals surface area contributed by atoms with Gasteiger partial charge in [0.1, 0.15) is 11.5 Å². The molecule has 0 atom stereocenters. The van der Waals surface area contributed by atoms with E-state index >= 15 is 0 Å². The van der Waals surface area contributed by atoms with Crippen molar-refractivity contribution in [1.82, 2.24) is 0 Å². The summed E-state index contributed by atoms with van der Waals surface area (Å²) in [7, 11) is 0. The van der Waals surface area contributed by atoms with Crippen molar-refractivity contribution in [1.29, 1.82) is 0 Å². The Hall–Kier alpha value is -3.32. The summed E-state index contributed by atoms with van der Waals surface area (Å²) in [6, 6.07) is 6.00. The molecule has 1 heteroatoms. The van der Waals surface area contributed by atoms with E-state index < -0.39 is 0 Å². The quantitative estimate of drug-likeness (QED) is 0.188. The molecule has 1 aromatic carbocycles. The van der Waals surface area contributed by atoms with Crippen LogP contribution in [-0.2, 0) is 0 Å². The molecule has 237 valence electrons. The van der Waals surface area contributed by atoms with E-state index in [1.165, 1.54) is 27.8 Å². The molecule has 0 bridgehead atoms. The van der Waals surface area contributed by atoms with Crippen LogP contribution in [0, 0.1) is 20.3 Å². The fraction of sp³-hybridized carbons (Fsp3) is 0.390. The third kappa shape index (κ3) is 31.2. The zero-order valence-corrected chi connectivity index (χ0v) is 30.4. The SMILES string of the molecule is C=C(C)/C=C\C(=C)Oc1ccc(C)c(C)c1.C=C/C(C)=C(C)\C=C(/C)[CH]C(=C)C/C=C\C(=C)C.CC.CC.CC.CC. The molecule has 0 heterocycles. The standard InChI is InChI=1S/C18H25.C15H18O.4C2H6/c1-8-17(6)18(7)13-16(5)12-15(4)11-9-10-14(2)3;1-11(2)6-8-14(5)16-15-9-7-12(3)13(4)10-15;4*1-2/h8-10,12-13H,1-2,4,11H2,3,5-7H3;6-10H,1,5H2,2-4H3;4*1-2H3/b10-9-,16-13+,18-17-;8-6-;;;;. The highest BCUT2D eigenvalue weighted by Crippen LogP contribution is 2.19. The summed E-state index contributed by atoms with van der Waals surface area (Å²) in [5, 5.41) is 0. The van der Waals surface area contributed by atoms with E-state index in [1.807, 2.05) is 112 Å². The average Bonchev–Trinajstić information content (AvgIpc) is 2.97. The second-order valence-electron chi connectivity index (χ2n) is 8.71. The van der Waals surface area contributed by atoms with E-state index in [2.05, 4.69) is 86.1 Å². The first-order valence-electron chi connectivity index (χ1n) is 15.5. The topological polar surface area (TPSA) is 9.23 Å².